The number of aryl methyl sites for hydroxylation is 1. The molecule has 0 saturated carbocycles. The fraction of sp³-hybridized carbons (Fsp3) is 0.227. The largest absolute Gasteiger partial charge is 2.00 e. The molecule has 4 aromatic rings. The van der Waals surface area contributed by atoms with Crippen LogP contribution in [0.4, 0.5) is 13.2 Å². The summed E-state index contributed by atoms with van der Waals surface area (Å²) < 4.78 is 39.6. The molecule has 0 fully saturated rings. The Morgan fingerprint density at radius 3 is 2.25 bits per heavy atom. The van der Waals surface area contributed by atoms with Crippen molar-refractivity contribution in [1.82, 2.24) is 29.7 Å². The van der Waals surface area contributed by atoms with Gasteiger partial charge in [-0.15, -0.1) is 12.1 Å². The van der Waals surface area contributed by atoms with Crippen LogP contribution in [-0.4, -0.2) is 29.7 Å². The first kappa shape index (κ1) is 23.7. The number of hydrogen-bond donors (Lipinski definition) is 0. The van der Waals surface area contributed by atoms with E-state index in [2.05, 4.69) is 32.3 Å². The number of aromatic nitrogens is 6. The molecule has 0 aromatic carbocycles. The molecule has 10 heteroatoms. The maximum atomic E-state index is 12.9. The zero-order valence-electron chi connectivity index (χ0n) is 17.3. The molecule has 0 bridgehead atoms. The second-order valence-electron chi connectivity index (χ2n) is 7.39. The summed E-state index contributed by atoms with van der Waals surface area (Å²) in [5.74, 6) is 0.847. The molecule has 0 atom stereocenters. The summed E-state index contributed by atoms with van der Waals surface area (Å²) in [6.07, 6.45) is -0.517. The van der Waals surface area contributed by atoms with Crippen LogP contribution >= 0.6 is 0 Å². The Morgan fingerprint density at radius 2 is 1.59 bits per heavy atom. The van der Waals surface area contributed by atoms with Gasteiger partial charge in [-0.05, 0) is 32.9 Å². The van der Waals surface area contributed by atoms with Crippen molar-refractivity contribution < 1.29 is 34.2 Å². The Hall–Kier alpha value is -2.93. The molecule has 0 N–H and O–H groups in total. The second-order valence-corrected chi connectivity index (χ2v) is 7.39. The van der Waals surface area contributed by atoms with Crippen LogP contribution in [0.3, 0.4) is 0 Å². The number of nitrogens with zero attached hydrogens (tertiary/aromatic N) is 6. The van der Waals surface area contributed by atoms with Gasteiger partial charge in [-0.2, -0.15) is 13.2 Å². The third-order valence-corrected chi connectivity index (χ3v) is 4.77. The number of rotatable bonds is 4. The summed E-state index contributed by atoms with van der Waals surface area (Å²) in [6.45, 7) is 5.67. The van der Waals surface area contributed by atoms with Crippen LogP contribution in [0, 0.1) is 19.2 Å². The Balaban J connectivity index is 0.00000289. The SMILES string of the molecule is Cc1nc[c-]c(-c2cccc(C(C)(C)c3cccc(-n4[c-]cc(C(F)(F)F)n4)n3)n2)n1.[Pt+2]. The maximum absolute atomic E-state index is 12.9. The van der Waals surface area contributed by atoms with Crippen LogP contribution < -0.4 is 0 Å². The average Bonchev–Trinajstić information content (AvgIpc) is 3.25. The number of hydrogen-bond acceptors (Lipinski definition) is 5. The molecule has 0 aliphatic carbocycles. The van der Waals surface area contributed by atoms with Crippen molar-refractivity contribution in [3.63, 3.8) is 0 Å². The van der Waals surface area contributed by atoms with E-state index in [4.69, 9.17) is 4.98 Å². The van der Waals surface area contributed by atoms with Gasteiger partial charge in [0.15, 0.2) is 0 Å². The monoisotopic (exact) mass is 617 g/mol. The van der Waals surface area contributed by atoms with E-state index >= 15 is 0 Å². The molecule has 0 aliphatic rings. The summed E-state index contributed by atoms with van der Waals surface area (Å²) >= 11 is 0. The van der Waals surface area contributed by atoms with Gasteiger partial charge >= 0.3 is 27.2 Å². The van der Waals surface area contributed by atoms with E-state index in [1.165, 1.54) is 0 Å². The van der Waals surface area contributed by atoms with E-state index in [1.807, 2.05) is 32.0 Å². The van der Waals surface area contributed by atoms with Crippen molar-refractivity contribution >= 4 is 0 Å². The zero-order chi connectivity index (χ0) is 22.2. The fourth-order valence-electron chi connectivity index (χ4n) is 3.02. The van der Waals surface area contributed by atoms with Gasteiger partial charge in [0, 0.05) is 16.8 Å². The van der Waals surface area contributed by atoms with E-state index in [9.17, 15) is 13.2 Å². The van der Waals surface area contributed by atoms with E-state index < -0.39 is 17.3 Å². The second kappa shape index (κ2) is 8.90. The van der Waals surface area contributed by atoms with E-state index in [1.54, 1.807) is 31.3 Å². The zero-order valence-corrected chi connectivity index (χ0v) is 19.5. The smallest absolute Gasteiger partial charge is 0.345 e. The van der Waals surface area contributed by atoms with Gasteiger partial charge < -0.3 is 9.67 Å². The van der Waals surface area contributed by atoms with E-state index in [0.717, 1.165) is 16.4 Å². The summed E-state index contributed by atoms with van der Waals surface area (Å²) in [5, 5.41) is 3.55. The predicted octanol–water partition coefficient (Wildman–Crippen LogP) is 4.37. The molecule has 0 radical (unpaired) electrons. The van der Waals surface area contributed by atoms with Gasteiger partial charge in [0.1, 0.15) is 5.82 Å². The molecule has 0 amide bonds. The molecule has 166 valence electrons. The molecule has 0 aliphatic heterocycles. The van der Waals surface area contributed by atoms with Crippen molar-refractivity contribution in [2.45, 2.75) is 32.4 Å². The average molecular weight is 617 g/mol. The van der Waals surface area contributed by atoms with Crippen LogP contribution in [0.25, 0.3) is 17.2 Å². The summed E-state index contributed by atoms with van der Waals surface area (Å²) in [4.78, 5) is 17.7. The van der Waals surface area contributed by atoms with Gasteiger partial charge in [0.05, 0.1) is 11.5 Å². The first-order chi connectivity index (χ1) is 14.6. The van der Waals surface area contributed by atoms with Gasteiger partial charge in [0.2, 0.25) is 0 Å². The van der Waals surface area contributed by atoms with E-state index in [-0.39, 0.29) is 26.9 Å². The van der Waals surface area contributed by atoms with Crippen molar-refractivity contribution in [2.75, 3.05) is 0 Å². The van der Waals surface area contributed by atoms with Crippen LogP contribution in [0.2, 0.25) is 0 Å². The minimum atomic E-state index is -4.54. The number of halogens is 3. The molecular formula is C22H17F3N6Pt. The molecule has 0 spiro atoms. The van der Waals surface area contributed by atoms with Crippen LogP contribution in [0.15, 0.2) is 48.7 Å². The number of pyridine rings is 2. The summed E-state index contributed by atoms with van der Waals surface area (Å²) in [6, 6.07) is 14.4. The quantitative estimate of drug-likeness (QED) is 0.319. The Labute approximate surface area is 197 Å². The Bertz CT molecular complexity index is 1240. The summed E-state index contributed by atoms with van der Waals surface area (Å²) in [5.41, 5.74) is 0.897. The standard InChI is InChI=1S/C22H17F3N6.Pt/c1-14-26-12-10-16(27-14)15-6-4-7-17(28-15)21(2,3)18-8-5-9-20(29-18)31-13-11-19(30-31)22(23,24)25;/h4-9,11-12H,1-3H3;/q-2;+2. The van der Waals surface area contributed by atoms with Gasteiger partial charge in [-0.1, -0.05) is 42.0 Å². The van der Waals surface area contributed by atoms with Gasteiger partial charge in [0.25, 0.3) is 0 Å². The summed E-state index contributed by atoms with van der Waals surface area (Å²) in [7, 11) is 0. The van der Waals surface area contributed by atoms with Crippen LogP contribution in [0.5, 0.6) is 0 Å². The molecule has 4 rings (SSSR count). The number of alkyl halides is 3. The van der Waals surface area contributed by atoms with E-state index in [0.29, 0.717) is 22.9 Å². The minimum Gasteiger partial charge on any atom is -0.345 e. The maximum Gasteiger partial charge on any atom is 2.00 e. The van der Waals surface area contributed by atoms with Gasteiger partial charge in [-0.3, -0.25) is 20.1 Å². The third kappa shape index (κ3) is 4.77. The van der Waals surface area contributed by atoms with Crippen molar-refractivity contribution in [1.29, 1.82) is 0 Å². The predicted molar refractivity (Wildman–Crippen MR) is 106 cm³/mol. The molecule has 6 nitrogen and oxygen atoms in total. The third-order valence-electron chi connectivity index (χ3n) is 4.77. The van der Waals surface area contributed by atoms with Gasteiger partial charge in [-0.25, -0.2) is 6.07 Å². The fourth-order valence-corrected chi connectivity index (χ4v) is 3.02. The van der Waals surface area contributed by atoms with Crippen molar-refractivity contribution in [3.8, 4) is 17.2 Å². The molecule has 32 heavy (non-hydrogen) atoms. The van der Waals surface area contributed by atoms with Crippen LogP contribution in [-0.2, 0) is 32.7 Å². The van der Waals surface area contributed by atoms with Crippen LogP contribution in [0.1, 0.15) is 36.8 Å². The molecule has 0 saturated heterocycles. The molecule has 4 aromatic heterocycles. The first-order valence-corrected chi connectivity index (χ1v) is 9.37. The first-order valence-electron chi connectivity index (χ1n) is 9.37. The minimum absolute atomic E-state index is 0. The molecule has 0 unspecified atom stereocenters. The Kier molecular flexibility index (Phi) is 6.60. The Morgan fingerprint density at radius 1 is 0.906 bits per heavy atom. The van der Waals surface area contributed by atoms with Crippen molar-refractivity contribution in [2.24, 2.45) is 0 Å². The van der Waals surface area contributed by atoms with Crippen molar-refractivity contribution in [3.05, 3.63) is 83.8 Å². The normalized spacial score (nSPS) is 11.8. The topological polar surface area (TPSA) is 69.4 Å². The molecule has 4 heterocycles. The molecular weight excluding hydrogens is 600 g/mol.